The third kappa shape index (κ3) is 5.12. The zero-order valence-electron chi connectivity index (χ0n) is 17.2. The maximum absolute atomic E-state index is 13.2. The highest BCUT2D eigenvalue weighted by Crippen LogP contribution is 2.26. The molecule has 3 N–H and O–H groups in total. The number of pyridine rings is 1. The van der Waals surface area contributed by atoms with E-state index in [2.05, 4.69) is 26.0 Å². The molecule has 3 rings (SSSR count). The van der Waals surface area contributed by atoms with Crippen molar-refractivity contribution in [3.8, 4) is 0 Å². The summed E-state index contributed by atoms with van der Waals surface area (Å²) in [5, 5.41) is 12.0. The van der Waals surface area contributed by atoms with Gasteiger partial charge in [-0.3, -0.25) is 19.1 Å². The molecular weight excluding hydrogens is 422 g/mol. The predicted molar refractivity (Wildman–Crippen MR) is 114 cm³/mol. The van der Waals surface area contributed by atoms with Gasteiger partial charge in [0.2, 0.25) is 0 Å². The first-order chi connectivity index (χ1) is 15.3. The molecule has 1 aromatic carbocycles. The highest BCUT2D eigenvalue weighted by molar-refractivity contribution is 6.10. The van der Waals surface area contributed by atoms with E-state index in [0.29, 0.717) is 18.6 Å². The number of rotatable bonds is 8. The molecule has 0 saturated carbocycles. The molecule has 32 heavy (non-hydrogen) atoms. The molecule has 166 valence electrons. The summed E-state index contributed by atoms with van der Waals surface area (Å²) >= 11 is 0. The number of nitrogens with one attached hydrogen (secondary N) is 3. The van der Waals surface area contributed by atoms with Crippen LogP contribution >= 0.6 is 0 Å². The molecule has 0 aliphatic rings. The van der Waals surface area contributed by atoms with Gasteiger partial charge in [0, 0.05) is 42.7 Å². The molecule has 3 aromatic rings. The van der Waals surface area contributed by atoms with Crippen molar-refractivity contribution in [2.24, 2.45) is 7.05 Å². The lowest BCUT2D eigenvalue weighted by Crippen LogP contribution is -2.19. The van der Waals surface area contributed by atoms with Gasteiger partial charge in [0.05, 0.1) is 5.69 Å². The number of carbonyl (C=O) groups is 3. The Morgan fingerprint density at radius 3 is 2.56 bits per heavy atom. The van der Waals surface area contributed by atoms with Crippen LogP contribution in [0.1, 0.15) is 50.2 Å². The van der Waals surface area contributed by atoms with Crippen molar-refractivity contribution in [2.45, 2.75) is 13.3 Å². The molecule has 0 bridgehead atoms. The van der Waals surface area contributed by atoms with Crippen LogP contribution in [0, 0.1) is 0 Å². The summed E-state index contributed by atoms with van der Waals surface area (Å²) in [5.41, 5.74) is -0.622. The summed E-state index contributed by atoms with van der Waals surface area (Å²) in [7, 11) is 1.71. The summed E-state index contributed by atoms with van der Waals surface area (Å²) in [4.78, 5) is 40.4. The number of aldehydes is 1. The lowest BCUT2D eigenvalue weighted by Gasteiger charge is -2.14. The number of aromatic nitrogens is 3. The minimum Gasteiger partial charge on any atom is -0.383 e. The fraction of sp³-hybridized carbons (Fsp3) is 0.190. The number of carbonyl (C=O) groups excluding carboxylic acids is 3. The Morgan fingerprint density at radius 1 is 1.16 bits per heavy atom. The fourth-order valence-electron chi connectivity index (χ4n) is 2.92. The molecule has 0 spiro atoms. The quantitative estimate of drug-likeness (QED) is 0.460. The van der Waals surface area contributed by atoms with Gasteiger partial charge >= 0.3 is 0 Å². The number of anilines is 3. The standard InChI is InChI=1S/C21H20F2N6O3/c1-3-24-17-13(11-30)10-15(19(22)23)26-18(17)21(32)25-14-6-4-5-12(9-14)20(31)27-16-7-8-29(2)28-16/h4-11,19,24H,3H2,1-2H3,(H,25,32)(H,27,28,31). The van der Waals surface area contributed by atoms with E-state index in [1.807, 2.05) is 0 Å². The molecular formula is C21H20F2N6O3. The van der Waals surface area contributed by atoms with Crippen LogP contribution in [0.15, 0.2) is 42.6 Å². The highest BCUT2D eigenvalue weighted by Gasteiger charge is 2.22. The van der Waals surface area contributed by atoms with Crippen LogP contribution in [0.3, 0.4) is 0 Å². The Hall–Kier alpha value is -4.15. The van der Waals surface area contributed by atoms with E-state index in [1.54, 1.807) is 32.3 Å². The van der Waals surface area contributed by atoms with E-state index in [4.69, 9.17) is 0 Å². The number of halogens is 2. The first-order valence-corrected chi connectivity index (χ1v) is 9.57. The monoisotopic (exact) mass is 442 g/mol. The van der Waals surface area contributed by atoms with E-state index in [0.717, 1.165) is 6.07 Å². The van der Waals surface area contributed by atoms with Crippen LogP contribution in [-0.2, 0) is 7.05 Å². The van der Waals surface area contributed by atoms with Gasteiger partial charge in [-0.2, -0.15) is 5.10 Å². The van der Waals surface area contributed by atoms with Gasteiger partial charge < -0.3 is 16.0 Å². The number of amides is 2. The fourth-order valence-corrected chi connectivity index (χ4v) is 2.92. The zero-order valence-corrected chi connectivity index (χ0v) is 17.2. The summed E-state index contributed by atoms with van der Waals surface area (Å²) in [6, 6.07) is 8.60. The van der Waals surface area contributed by atoms with Crippen molar-refractivity contribution in [1.29, 1.82) is 0 Å². The highest BCUT2D eigenvalue weighted by atomic mass is 19.3. The molecule has 0 aliphatic heterocycles. The third-order valence-electron chi connectivity index (χ3n) is 4.33. The van der Waals surface area contributed by atoms with Crippen LogP contribution in [0.25, 0.3) is 0 Å². The topological polar surface area (TPSA) is 118 Å². The minimum absolute atomic E-state index is 0.0495. The molecule has 0 atom stereocenters. The van der Waals surface area contributed by atoms with Crippen molar-refractivity contribution in [3.05, 3.63) is 65.1 Å². The Kier molecular flexibility index (Phi) is 6.88. The Morgan fingerprint density at radius 2 is 1.94 bits per heavy atom. The predicted octanol–water partition coefficient (Wildman–Crippen LogP) is 3.50. The molecule has 2 amide bonds. The van der Waals surface area contributed by atoms with Crippen LogP contribution in [0.4, 0.5) is 26.0 Å². The Bertz CT molecular complexity index is 1160. The number of alkyl halides is 2. The molecule has 9 nitrogen and oxygen atoms in total. The molecule has 0 radical (unpaired) electrons. The largest absolute Gasteiger partial charge is 0.383 e. The van der Waals surface area contributed by atoms with Crippen LogP contribution in [-0.4, -0.2) is 39.4 Å². The summed E-state index contributed by atoms with van der Waals surface area (Å²) in [5.74, 6) is -0.903. The summed E-state index contributed by atoms with van der Waals surface area (Å²) < 4.78 is 28.0. The van der Waals surface area contributed by atoms with Crippen molar-refractivity contribution >= 4 is 35.3 Å². The number of aryl methyl sites for hydroxylation is 1. The second-order valence-electron chi connectivity index (χ2n) is 6.67. The smallest absolute Gasteiger partial charge is 0.280 e. The van der Waals surface area contributed by atoms with Crippen molar-refractivity contribution < 1.29 is 23.2 Å². The van der Waals surface area contributed by atoms with Crippen molar-refractivity contribution in [1.82, 2.24) is 14.8 Å². The molecule has 0 aliphatic carbocycles. The average Bonchev–Trinajstić information content (AvgIpc) is 3.18. The maximum Gasteiger partial charge on any atom is 0.280 e. The number of hydrogen-bond acceptors (Lipinski definition) is 6. The van der Waals surface area contributed by atoms with E-state index in [-0.39, 0.29) is 28.2 Å². The summed E-state index contributed by atoms with van der Waals surface area (Å²) in [6.45, 7) is 2.06. The molecule has 2 heterocycles. The molecule has 0 saturated heterocycles. The Balaban J connectivity index is 1.87. The lowest BCUT2D eigenvalue weighted by atomic mass is 10.1. The van der Waals surface area contributed by atoms with E-state index >= 15 is 0 Å². The van der Waals surface area contributed by atoms with Gasteiger partial charge in [0.25, 0.3) is 18.2 Å². The van der Waals surface area contributed by atoms with Crippen LogP contribution in [0.5, 0.6) is 0 Å². The number of benzene rings is 1. The van der Waals surface area contributed by atoms with Gasteiger partial charge in [-0.25, -0.2) is 13.8 Å². The van der Waals surface area contributed by atoms with Crippen LogP contribution < -0.4 is 16.0 Å². The van der Waals surface area contributed by atoms with E-state index in [9.17, 15) is 23.2 Å². The number of hydrogen-bond donors (Lipinski definition) is 3. The molecule has 2 aromatic heterocycles. The van der Waals surface area contributed by atoms with Gasteiger partial charge in [0.1, 0.15) is 5.69 Å². The molecule has 11 heteroatoms. The average molecular weight is 442 g/mol. The van der Waals surface area contributed by atoms with Crippen molar-refractivity contribution in [3.63, 3.8) is 0 Å². The first-order valence-electron chi connectivity index (χ1n) is 9.57. The second-order valence-corrected chi connectivity index (χ2v) is 6.67. The van der Waals surface area contributed by atoms with Gasteiger partial charge in [-0.15, -0.1) is 0 Å². The molecule has 0 unspecified atom stereocenters. The first kappa shape index (κ1) is 22.5. The van der Waals surface area contributed by atoms with Crippen LogP contribution in [0.2, 0.25) is 0 Å². The van der Waals surface area contributed by atoms with E-state index < -0.39 is 23.9 Å². The summed E-state index contributed by atoms with van der Waals surface area (Å²) in [6.07, 6.45) is -0.915. The zero-order chi connectivity index (χ0) is 23.3. The van der Waals surface area contributed by atoms with Gasteiger partial charge in [-0.05, 0) is 31.2 Å². The maximum atomic E-state index is 13.2. The van der Waals surface area contributed by atoms with Crippen molar-refractivity contribution in [2.75, 3.05) is 22.5 Å². The SMILES string of the molecule is CCNc1c(C=O)cc(C(F)F)nc1C(=O)Nc1cccc(C(=O)Nc2ccn(C)n2)c1. The van der Waals surface area contributed by atoms with E-state index in [1.165, 1.54) is 22.9 Å². The minimum atomic E-state index is -2.96. The van der Waals surface area contributed by atoms with Gasteiger partial charge in [-0.1, -0.05) is 6.07 Å². The van der Waals surface area contributed by atoms with Gasteiger partial charge in [0.15, 0.2) is 17.8 Å². The number of nitrogens with zero attached hydrogens (tertiary/aromatic N) is 3. The normalized spacial score (nSPS) is 10.7. The Labute approximate surface area is 181 Å². The molecule has 0 fully saturated rings. The lowest BCUT2D eigenvalue weighted by molar-refractivity contribution is 0.101. The second kappa shape index (κ2) is 9.77. The third-order valence-corrected chi connectivity index (χ3v) is 4.33.